The molecule has 0 heterocycles. The first-order chi connectivity index (χ1) is 7.00. The molecule has 0 aromatic carbocycles. The van der Waals surface area contributed by atoms with Gasteiger partial charge in [0.2, 0.25) is 5.78 Å². The van der Waals surface area contributed by atoms with Gasteiger partial charge in [-0.3, -0.25) is 4.79 Å². The molecule has 0 fully saturated rings. The molecule has 2 heteroatoms. The summed E-state index contributed by atoms with van der Waals surface area (Å²) in [6.45, 7) is 11.5. The second-order valence-electron chi connectivity index (χ2n) is 4.28. The van der Waals surface area contributed by atoms with Gasteiger partial charge in [-0.05, 0) is 24.3 Å². The van der Waals surface area contributed by atoms with Gasteiger partial charge in [0.15, 0.2) is 5.76 Å². The van der Waals surface area contributed by atoms with Crippen molar-refractivity contribution in [1.29, 1.82) is 0 Å². The molecule has 2 nitrogen and oxygen atoms in total. The first kappa shape index (κ1) is 11.8. The summed E-state index contributed by atoms with van der Waals surface area (Å²) in [5, 5.41) is 9.71. The summed E-state index contributed by atoms with van der Waals surface area (Å²) in [5.41, 5.74) is 1.36. The largest absolute Gasteiger partial charge is 0.504 e. The highest BCUT2D eigenvalue weighted by Crippen LogP contribution is 2.39. The van der Waals surface area contributed by atoms with Crippen molar-refractivity contribution < 1.29 is 9.90 Å². The third-order valence-corrected chi connectivity index (χ3v) is 2.85. The number of carbonyl (C=O) groups excluding carboxylic acids is 1. The number of aliphatic hydroxyl groups is 1. The molecular weight excluding hydrogens is 188 g/mol. The standard InChI is InChI=1S/C13H18O2/c1-5-6-7-10-11(8(2)3)9(4)12(14)13(10)15/h5,8,11,15H,1,4,6-7H2,2-3H3/t11-/m1/s1. The fourth-order valence-electron chi connectivity index (χ4n) is 2.13. The maximum Gasteiger partial charge on any atom is 0.223 e. The molecule has 0 aliphatic heterocycles. The first-order valence-corrected chi connectivity index (χ1v) is 5.27. The second-order valence-corrected chi connectivity index (χ2v) is 4.28. The molecular formula is C13H18O2. The Kier molecular flexibility index (Phi) is 3.51. The summed E-state index contributed by atoms with van der Waals surface area (Å²) in [7, 11) is 0. The van der Waals surface area contributed by atoms with E-state index in [-0.39, 0.29) is 17.5 Å². The molecule has 0 spiro atoms. The van der Waals surface area contributed by atoms with Crippen LogP contribution >= 0.6 is 0 Å². The second kappa shape index (κ2) is 4.47. The number of hydrogen-bond donors (Lipinski definition) is 1. The van der Waals surface area contributed by atoms with E-state index in [1.54, 1.807) is 6.08 Å². The third-order valence-electron chi connectivity index (χ3n) is 2.85. The van der Waals surface area contributed by atoms with Gasteiger partial charge in [0, 0.05) is 11.5 Å². The molecule has 0 aromatic heterocycles. The van der Waals surface area contributed by atoms with Gasteiger partial charge in [-0.2, -0.15) is 0 Å². The zero-order chi connectivity index (χ0) is 11.6. The van der Waals surface area contributed by atoms with E-state index in [1.165, 1.54) is 0 Å². The highest BCUT2D eigenvalue weighted by molar-refractivity contribution is 6.10. The fraction of sp³-hybridized carbons (Fsp3) is 0.462. The SMILES string of the molecule is C=CCCC1=C(O)C(=O)C(=C)[C@H]1C(C)C. The number of ketones is 1. The molecule has 0 amide bonds. The Labute approximate surface area is 91.0 Å². The lowest BCUT2D eigenvalue weighted by atomic mass is 9.85. The Bertz CT molecular complexity index is 334. The summed E-state index contributed by atoms with van der Waals surface area (Å²) in [5.74, 6) is -0.0586. The lowest BCUT2D eigenvalue weighted by Crippen LogP contribution is -2.11. The number of allylic oxidation sites excluding steroid dienone is 3. The monoisotopic (exact) mass is 206 g/mol. The Hall–Kier alpha value is -1.31. The van der Waals surface area contributed by atoms with Crippen molar-refractivity contribution in [2.75, 3.05) is 0 Å². The Morgan fingerprint density at radius 3 is 2.60 bits per heavy atom. The van der Waals surface area contributed by atoms with E-state index in [0.717, 1.165) is 12.0 Å². The summed E-state index contributed by atoms with van der Waals surface area (Å²) < 4.78 is 0. The molecule has 0 saturated heterocycles. The zero-order valence-corrected chi connectivity index (χ0v) is 9.42. The molecule has 1 rings (SSSR count). The molecule has 0 radical (unpaired) electrons. The topological polar surface area (TPSA) is 37.3 Å². The number of carbonyl (C=O) groups is 1. The molecule has 0 bridgehead atoms. The van der Waals surface area contributed by atoms with Crippen molar-refractivity contribution in [2.45, 2.75) is 26.7 Å². The van der Waals surface area contributed by atoms with E-state index in [2.05, 4.69) is 13.2 Å². The Morgan fingerprint density at radius 2 is 2.13 bits per heavy atom. The minimum Gasteiger partial charge on any atom is -0.504 e. The van der Waals surface area contributed by atoms with Crippen molar-refractivity contribution in [3.8, 4) is 0 Å². The van der Waals surface area contributed by atoms with Crippen molar-refractivity contribution in [3.05, 3.63) is 36.1 Å². The Balaban J connectivity index is 3.00. The maximum atomic E-state index is 11.6. The highest BCUT2D eigenvalue weighted by atomic mass is 16.3. The minimum atomic E-state index is -0.284. The average Bonchev–Trinajstić information content (AvgIpc) is 2.39. The summed E-state index contributed by atoms with van der Waals surface area (Å²) in [4.78, 5) is 11.6. The van der Waals surface area contributed by atoms with Crippen molar-refractivity contribution in [3.63, 3.8) is 0 Å². The molecule has 15 heavy (non-hydrogen) atoms. The van der Waals surface area contributed by atoms with Crippen LogP contribution in [0.15, 0.2) is 36.1 Å². The van der Waals surface area contributed by atoms with Gasteiger partial charge in [0.1, 0.15) is 0 Å². The molecule has 1 N–H and O–H groups in total. The third kappa shape index (κ3) is 2.04. The first-order valence-electron chi connectivity index (χ1n) is 5.27. The van der Waals surface area contributed by atoms with Crippen LogP contribution in [0.3, 0.4) is 0 Å². The van der Waals surface area contributed by atoms with Crippen LogP contribution in [0.2, 0.25) is 0 Å². The van der Waals surface area contributed by atoms with Crippen molar-refractivity contribution in [2.24, 2.45) is 11.8 Å². The van der Waals surface area contributed by atoms with Crippen LogP contribution in [0.5, 0.6) is 0 Å². The van der Waals surface area contributed by atoms with Gasteiger partial charge in [-0.15, -0.1) is 6.58 Å². The van der Waals surface area contributed by atoms with E-state index in [1.807, 2.05) is 13.8 Å². The lowest BCUT2D eigenvalue weighted by Gasteiger charge is -2.18. The smallest absolute Gasteiger partial charge is 0.223 e. The van der Waals surface area contributed by atoms with Gasteiger partial charge >= 0.3 is 0 Å². The van der Waals surface area contributed by atoms with Gasteiger partial charge in [0.25, 0.3) is 0 Å². The molecule has 1 aliphatic carbocycles. The van der Waals surface area contributed by atoms with Gasteiger partial charge in [-0.1, -0.05) is 26.5 Å². The molecule has 82 valence electrons. The summed E-state index contributed by atoms with van der Waals surface area (Å²) in [6, 6.07) is 0. The molecule has 1 atom stereocenters. The van der Waals surface area contributed by atoms with Gasteiger partial charge < -0.3 is 5.11 Å². The fourth-order valence-corrected chi connectivity index (χ4v) is 2.13. The maximum absolute atomic E-state index is 11.6. The van der Waals surface area contributed by atoms with Crippen LogP contribution in [0.25, 0.3) is 0 Å². The van der Waals surface area contributed by atoms with E-state index in [0.29, 0.717) is 17.9 Å². The zero-order valence-electron chi connectivity index (χ0n) is 9.42. The van der Waals surface area contributed by atoms with E-state index >= 15 is 0 Å². The van der Waals surface area contributed by atoms with E-state index in [9.17, 15) is 9.90 Å². The lowest BCUT2D eigenvalue weighted by molar-refractivity contribution is -0.114. The normalized spacial score (nSPS) is 21.7. The van der Waals surface area contributed by atoms with Gasteiger partial charge in [0.05, 0.1) is 0 Å². The number of Topliss-reactive ketones (excluding diaryl/α,β-unsaturated/α-hetero) is 1. The average molecular weight is 206 g/mol. The summed E-state index contributed by atoms with van der Waals surface area (Å²) >= 11 is 0. The molecule has 1 aliphatic rings. The van der Waals surface area contributed by atoms with Crippen molar-refractivity contribution in [1.82, 2.24) is 0 Å². The predicted molar refractivity (Wildman–Crippen MR) is 61.6 cm³/mol. The molecule has 0 aromatic rings. The molecule has 0 saturated carbocycles. The number of aliphatic hydroxyl groups excluding tert-OH is 1. The van der Waals surface area contributed by atoms with Crippen LogP contribution in [0, 0.1) is 11.8 Å². The highest BCUT2D eigenvalue weighted by Gasteiger charge is 2.36. The summed E-state index contributed by atoms with van der Waals surface area (Å²) in [6.07, 6.45) is 3.27. The van der Waals surface area contributed by atoms with E-state index in [4.69, 9.17) is 0 Å². The van der Waals surface area contributed by atoms with Crippen LogP contribution in [0.4, 0.5) is 0 Å². The Morgan fingerprint density at radius 1 is 1.53 bits per heavy atom. The van der Waals surface area contributed by atoms with Gasteiger partial charge in [-0.25, -0.2) is 0 Å². The van der Waals surface area contributed by atoms with Crippen molar-refractivity contribution >= 4 is 5.78 Å². The number of hydrogen-bond acceptors (Lipinski definition) is 2. The minimum absolute atomic E-state index is 0.0115. The molecule has 0 unspecified atom stereocenters. The number of rotatable bonds is 4. The van der Waals surface area contributed by atoms with E-state index < -0.39 is 0 Å². The van der Waals surface area contributed by atoms with Crippen LogP contribution in [-0.4, -0.2) is 10.9 Å². The van der Waals surface area contributed by atoms with Crippen LogP contribution in [-0.2, 0) is 4.79 Å². The quantitative estimate of drug-likeness (QED) is 0.566. The van der Waals surface area contributed by atoms with Crippen LogP contribution in [0.1, 0.15) is 26.7 Å². The van der Waals surface area contributed by atoms with Crippen LogP contribution < -0.4 is 0 Å². The predicted octanol–water partition coefficient (Wildman–Crippen LogP) is 3.18.